The van der Waals surface area contributed by atoms with Gasteiger partial charge in [0.2, 0.25) is 0 Å². The van der Waals surface area contributed by atoms with E-state index in [2.05, 4.69) is 26.3 Å². The molecule has 90 valence electrons. The van der Waals surface area contributed by atoms with Gasteiger partial charge < -0.3 is 11.1 Å². The van der Waals surface area contributed by atoms with Crippen molar-refractivity contribution in [2.24, 2.45) is 12.8 Å². The predicted octanol–water partition coefficient (Wildman–Crippen LogP) is 2.29. The molecule has 1 aromatic carbocycles. The second-order valence-corrected chi connectivity index (χ2v) is 4.71. The maximum atomic E-state index is 5.80. The Morgan fingerprint density at radius 3 is 2.82 bits per heavy atom. The van der Waals surface area contributed by atoms with Gasteiger partial charge in [0.15, 0.2) is 0 Å². The van der Waals surface area contributed by atoms with Crippen molar-refractivity contribution >= 4 is 21.6 Å². The van der Waals surface area contributed by atoms with Gasteiger partial charge in [-0.3, -0.25) is 4.68 Å². The van der Waals surface area contributed by atoms with Gasteiger partial charge in [-0.25, -0.2) is 0 Å². The number of benzene rings is 1. The Kier molecular flexibility index (Phi) is 3.81. The van der Waals surface area contributed by atoms with Gasteiger partial charge in [0.1, 0.15) is 0 Å². The van der Waals surface area contributed by atoms with Crippen LogP contribution in [0.25, 0.3) is 0 Å². The molecule has 5 heteroatoms. The number of para-hydroxylation sites is 1. The van der Waals surface area contributed by atoms with E-state index in [4.69, 9.17) is 5.73 Å². The number of aromatic nitrogens is 2. The fourth-order valence-corrected chi connectivity index (χ4v) is 2.06. The molecule has 1 aromatic heterocycles. The molecule has 0 aliphatic heterocycles. The monoisotopic (exact) mass is 294 g/mol. The highest BCUT2D eigenvalue weighted by molar-refractivity contribution is 9.10. The summed E-state index contributed by atoms with van der Waals surface area (Å²) in [5, 5.41) is 7.56. The van der Waals surface area contributed by atoms with Gasteiger partial charge in [0, 0.05) is 35.5 Å². The standard InChI is InChI=1S/C12H15BrN4/c1-17-8-9(7-15-17)12(6-14)16-11-5-3-2-4-10(11)13/h2-5,7-8,12,16H,6,14H2,1H3. The number of nitrogens with one attached hydrogen (secondary N) is 1. The first kappa shape index (κ1) is 12.1. The van der Waals surface area contributed by atoms with Crippen molar-refractivity contribution in [3.05, 3.63) is 46.7 Å². The molecular formula is C12H15BrN4. The van der Waals surface area contributed by atoms with Gasteiger partial charge in [0.25, 0.3) is 0 Å². The van der Waals surface area contributed by atoms with Crippen molar-refractivity contribution in [2.75, 3.05) is 11.9 Å². The summed E-state index contributed by atoms with van der Waals surface area (Å²) in [5.41, 5.74) is 7.92. The minimum Gasteiger partial charge on any atom is -0.376 e. The molecule has 0 saturated heterocycles. The van der Waals surface area contributed by atoms with Crippen LogP contribution < -0.4 is 11.1 Å². The molecule has 1 unspecified atom stereocenters. The molecule has 2 rings (SSSR count). The summed E-state index contributed by atoms with van der Waals surface area (Å²) >= 11 is 3.51. The van der Waals surface area contributed by atoms with Gasteiger partial charge in [-0.05, 0) is 28.1 Å². The summed E-state index contributed by atoms with van der Waals surface area (Å²) < 4.78 is 2.81. The van der Waals surface area contributed by atoms with Crippen LogP contribution in [0.15, 0.2) is 41.1 Å². The molecule has 1 atom stereocenters. The Bertz CT molecular complexity index is 495. The molecular weight excluding hydrogens is 280 g/mol. The lowest BCUT2D eigenvalue weighted by atomic mass is 10.1. The van der Waals surface area contributed by atoms with E-state index in [1.165, 1.54) is 0 Å². The Balaban J connectivity index is 2.18. The highest BCUT2D eigenvalue weighted by Crippen LogP contribution is 2.25. The third-order valence-electron chi connectivity index (χ3n) is 2.57. The normalized spacial score (nSPS) is 12.4. The van der Waals surface area contributed by atoms with Crippen molar-refractivity contribution in [3.63, 3.8) is 0 Å². The van der Waals surface area contributed by atoms with E-state index in [9.17, 15) is 0 Å². The lowest BCUT2D eigenvalue weighted by Crippen LogP contribution is -2.20. The average Bonchev–Trinajstić information content (AvgIpc) is 2.75. The number of anilines is 1. The molecule has 1 heterocycles. The Morgan fingerprint density at radius 1 is 1.47 bits per heavy atom. The molecule has 0 spiro atoms. The van der Waals surface area contributed by atoms with Gasteiger partial charge in [-0.15, -0.1) is 0 Å². The predicted molar refractivity (Wildman–Crippen MR) is 72.8 cm³/mol. The second-order valence-electron chi connectivity index (χ2n) is 3.86. The van der Waals surface area contributed by atoms with E-state index in [0.717, 1.165) is 15.7 Å². The van der Waals surface area contributed by atoms with Gasteiger partial charge >= 0.3 is 0 Å². The number of hydrogen-bond donors (Lipinski definition) is 2. The van der Waals surface area contributed by atoms with Crippen molar-refractivity contribution in [1.82, 2.24) is 9.78 Å². The van der Waals surface area contributed by atoms with Gasteiger partial charge in [-0.1, -0.05) is 12.1 Å². The first-order valence-corrected chi connectivity index (χ1v) is 6.19. The quantitative estimate of drug-likeness (QED) is 0.910. The molecule has 2 aromatic rings. The maximum Gasteiger partial charge on any atom is 0.0667 e. The fraction of sp³-hybridized carbons (Fsp3) is 0.250. The summed E-state index contributed by atoms with van der Waals surface area (Å²) in [6.45, 7) is 0.521. The fourth-order valence-electron chi connectivity index (χ4n) is 1.66. The van der Waals surface area contributed by atoms with Crippen LogP contribution in [0.5, 0.6) is 0 Å². The smallest absolute Gasteiger partial charge is 0.0667 e. The van der Waals surface area contributed by atoms with Crippen molar-refractivity contribution in [1.29, 1.82) is 0 Å². The topological polar surface area (TPSA) is 55.9 Å². The van der Waals surface area contributed by atoms with E-state index in [1.54, 1.807) is 4.68 Å². The van der Waals surface area contributed by atoms with E-state index in [1.807, 2.05) is 43.7 Å². The number of hydrogen-bond acceptors (Lipinski definition) is 3. The first-order valence-electron chi connectivity index (χ1n) is 5.40. The molecule has 4 nitrogen and oxygen atoms in total. The van der Waals surface area contributed by atoms with Crippen LogP contribution in [0.3, 0.4) is 0 Å². The molecule has 3 N–H and O–H groups in total. The zero-order valence-corrected chi connectivity index (χ0v) is 11.2. The molecule has 0 aliphatic rings. The Morgan fingerprint density at radius 2 is 2.24 bits per heavy atom. The van der Waals surface area contributed by atoms with E-state index in [-0.39, 0.29) is 6.04 Å². The van der Waals surface area contributed by atoms with Crippen LogP contribution in [0.4, 0.5) is 5.69 Å². The number of halogens is 1. The third-order valence-corrected chi connectivity index (χ3v) is 3.26. The number of aryl methyl sites for hydroxylation is 1. The van der Waals surface area contributed by atoms with Crippen LogP contribution in [0.1, 0.15) is 11.6 Å². The zero-order valence-electron chi connectivity index (χ0n) is 9.60. The van der Waals surface area contributed by atoms with E-state index < -0.39 is 0 Å². The summed E-state index contributed by atoms with van der Waals surface area (Å²) in [6.07, 6.45) is 3.81. The van der Waals surface area contributed by atoms with Crippen LogP contribution in [-0.2, 0) is 7.05 Å². The number of rotatable bonds is 4. The highest BCUT2D eigenvalue weighted by Gasteiger charge is 2.12. The molecule has 0 fully saturated rings. The van der Waals surface area contributed by atoms with Crippen molar-refractivity contribution < 1.29 is 0 Å². The average molecular weight is 295 g/mol. The summed E-state index contributed by atoms with van der Waals surface area (Å²) in [4.78, 5) is 0. The zero-order chi connectivity index (χ0) is 12.3. The Hall–Kier alpha value is -1.33. The highest BCUT2D eigenvalue weighted by atomic mass is 79.9. The molecule has 0 saturated carbocycles. The molecule has 0 aliphatic carbocycles. The molecule has 17 heavy (non-hydrogen) atoms. The maximum absolute atomic E-state index is 5.80. The van der Waals surface area contributed by atoms with Crippen LogP contribution in [0, 0.1) is 0 Å². The van der Waals surface area contributed by atoms with E-state index >= 15 is 0 Å². The second kappa shape index (κ2) is 5.33. The van der Waals surface area contributed by atoms with Crippen molar-refractivity contribution in [2.45, 2.75) is 6.04 Å². The lowest BCUT2D eigenvalue weighted by molar-refractivity contribution is 0.759. The molecule has 0 radical (unpaired) electrons. The van der Waals surface area contributed by atoms with Crippen LogP contribution in [-0.4, -0.2) is 16.3 Å². The van der Waals surface area contributed by atoms with E-state index in [0.29, 0.717) is 6.54 Å². The molecule has 0 amide bonds. The largest absolute Gasteiger partial charge is 0.376 e. The number of nitrogens with zero attached hydrogens (tertiary/aromatic N) is 2. The van der Waals surface area contributed by atoms with Crippen LogP contribution >= 0.6 is 15.9 Å². The van der Waals surface area contributed by atoms with Gasteiger partial charge in [-0.2, -0.15) is 5.10 Å². The Labute approximate surface area is 109 Å². The minimum atomic E-state index is 0.0717. The summed E-state index contributed by atoms with van der Waals surface area (Å²) in [6, 6.07) is 8.06. The molecule has 0 bridgehead atoms. The minimum absolute atomic E-state index is 0.0717. The van der Waals surface area contributed by atoms with Gasteiger partial charge in [0.05, 0.1) is 12.2 Å². The summed E-state index contributed by atoms with van der Waals surface area (Å²) in [7, 11) is 1.90. The SMILES string of the molecule is Cn1cc(C(CN)Nc2ccccc2Br)cn1. The van der Waals surface area contributed by atoms with Crippen molar-refractivity contribution in [3.8, 4) is 0 Å². The third kappa shape index (κ3) is 2.87. The van der Waals surface area contributed by atoms with Crippen LogP contribution in [0.2, 0.25) is 0 Å². The first-order chi connectivity index (χ1) is 8.20. The number of nitrogens with two attached hydrogens (primary N) is 1. The lowest BCUT2D eigenvalue weighted by Gasteiger charge is -2.17. The summed E-state index contributed by atoms with van der Waals surface area (Å²) in [5.74, 6) is 0.